The lowest BCUT2D eigenvalue weighted by molar-refractivity contribution is 0.0939. The molecule has 1 aromatic carbocycles. The van der Waals surface area contributed by atoms with Gasteiger partial charge in [0.05, 0.1) is 23.4 Å². The summed E-state index contributed by atoms with van der Waals surface area (Å²) in [5, 5.41) is 14.4. The second-order valence-corrected chi connectivity index (χ2v) is 7.34. The first-order valence-electron chi connectivity index (χ1n) is 9.20. The van der Waals surface area contributed by atoms with Crippen molar-refractivity contribution in [2.45, 2.75) is 26.2 Å². The van der Waals surface area contributed by atoms with Crippen molar-refractivity contribution < 1.29 is 9.53 Å². The maximum absolute atomic E-state index is 12.7. The SMILES string of the molecule is COc1cc(-n2cnnn2)c(Cl)cc1C(=O)NCC(C)CN1CCCCC1. The van der Waals surface area contributed by atoms with Gasteiger partial charge in [-0.15, -0.1) is 5.10 Å². The summed E-state index contributed by atoms with van der Waals surface area (Å²) in [5.41, 5.74) is 0.943. The van der Waals surface area contributed by atoms with Gasteiger partial charge in [0.1, 0.15) is 12.1 Å². The molecule has 3 rings (SSSR count). The molecule has 0 saturated carbocycles. The van der Waals surface area contributed by atoms with Crippen LogP contribution in [0.1, 0.15) is 36.5 Å². The van der Waals surface area contributed by atoms with Crippen molar-refractivity contribution in [3.8, 4) is 11.4 Å². The van der Waals surface area contributed by atoms with E-state index in [9.17, 15) is 4.79 Å². The second kappa shape index (κ2) is 9.14. The summed E-state index contributed by atoms with van der Waals surface area (Å²) in [4.78, 5) is 15.1. The van der Waals surface area contributed by atoms with Crippen molar-refractivity contribution in [3.63, 3.8) is 0 Å². The summed E-state index contributed by atoms with van der Waals surface area (Å²) in [5.74, 6) is 0.586. The molecule has 1 aromatic heterocycles. The Balaban J connectivity index is 1.64. The van der Waals surface area contributed by atoms with Gasteiger partial charge < -0.3 is 15.0 Å². The number of methoxy groups -OCH3 is 1. The fourth-order valence-electron chi connectivity index (χ4n) is 3.35. The smallest absolute Gasteiger partial charge is 0.255 e. The van der Waals surface area contributed by atoms with Crippen LogP contribution < -0.4 is 10.1 Å². The molecule has 1 saturated heterocycles. The van der Waals surface area contributed by atoms with Crippen LogP contribution in [0.15, 0.2) is 18.5 Å². The molecule has 1 aliphatic rings. The number of tetrazole rings is 1. The van der Waals surface area contributed by atoms with E-state index >= 15 is 0 Å². The van der Waals surface area contributed by atoms with Crippen LogP contribution in [-0.2, 0) is 0 Å². The van der Waals surface area contributed by atoms with Crippen LogP contribution in [0.2, 0.25) is 5.02 Å². The number of rotatable bonds is 7. The molecule has 27 heavy (non-hydrogen) atoms. The largest absolute Gasteiger partial charge is 0.496 e. The summed E-state index contributed by atoms with van der Waals surface area (Å²) in [6, 6.07) is 3.24. The van der Waals surface area contributed by atoms with Crippen molar-refractivity contribution >= 4 is 17.5 Å². The van der Waals surface area contributed by atoms with Crippen molar-refractivity contribution in [2.75, 3.05) is 33.3 Å². The van der Waals surface area contributed by atoms with Crippen LogP contribution >= 0.6 is 11.6 Å². The van der Waals surface area contributed by atoms with Crippen molar-refractivity contribution in [2.24, 2.45) is 5.92 Å². The number of halogens is 1. The van der Waals surface area contributed by atoms with Crippen molar-refractivity contribution in [3.05, 3.63) is 29.0 Å². The zero-order valence-electron chi connectivity index (χ0n) is 15.7. The molecule has 2 heterocycles. The van der Waals surface area contributed by atoms with E-state index < -0.39 is 0 Å². The molecule has 0 spiro atoms. The lowest BCUT2D eigenvalue weighted by Gasteiger charge is -2.29. The number of benzene rings is 1. The van der Waals surface area contributed by atoms with E-state index in [1.807, 2.05) is 0 Å². The number of nitrogens with zero attached hydrogens (tertiary/aromatic N) is 5. The molecule has 0 aliphatic carbocycles. The number of piperidine rings is 1. The highest BCUT2D eigenvalue weighted by atomic mass is 35.5. The van der Waals surface area contributed by atoms with E-state index in [2.05, 4.69) is 32.7 Å². The minimum atomic E-state index is -0.206. The topological polar surface area (TPSA) is 85.2 Å². The average Bonchev–Trinajstić information content (AvgIpc) is 3.21. The minimum Gasteiger partial charge on any atom is -0.496 e. The number of carbonyl (C=O) groups excluding carboxylic acids is 1. The first-order valence-corrected chi connectivity index (χ1v) is 9.57. The summed E-state index contributed by atoms with van der Waals surface area (Å²) in [6.45, 7) is 6.06. The van der Waals surface area contributed by atoms with Gasteiger partial charge in [-0.2, -0.15) is 4.68 Å². The molecule has 1 N–H and O–H groups in total. The Morgan fingerprint density at radius 3 is 2.78 bits per heavy atom. The average molecular weight is 393 g/mol. The number of hydrogen-bond acceptors (Lipinski definition) is 6. The summed E-state index contributed by atoms with van der Waals surface area (Å²) in [6.07, 6.45) is 5.29. The van der Waals surface area contributed by atoms with Gasteiger partial charge in [-0.25, -0.2) is 0 Å². The van der Waals surface area contributed by atoms with E-state index in [4.69, 9.17) is 16.3 Å². The van der Waals surface area contributed by atoms with Gasteiger partial charge >= 0.3 is 0 Å². The first kappa shape index (κ1) is 19.6. The second-order valence-electron chi connectivity index (χ2n) is 6.93. The van der Waals surface area contributed by atoms with Gasteiger partial charge in [-0.3, -0.25) is 4.79 Å². The lowest BCUT2D eigenvalue weighted by Crippen LogP contribution is -2.38. The molecule has 2 aromatic rings. The number of hydrogen-bond donors (Lipinski definition) is 1. The highest BCUT2D eigenvalue weighted by Crippen LogP contribution is 2.29. The molecule has 1 atom stereocenters. The summed E-state index contributed by atoms with van der Waals surface area (Å²) in [7, 11) is 1.52. The number of nitrogens with one attached hydrogen (secondary N) is 1. The summed E-state index contributed by atoms with van der Waals surface area (Å²) < 4.78 is 6.80. The quantitative estimate of drug-likeness (QED) is 0.777. The van der Waals surface area contributed by atoms with Crippen LogP contribution in [0.4, 0.5) is 0 Å². The Hall–Kier alpha value is -2.19. The molecule has 0 bridgehead atoms. The zero-order valence-corrected chi connectivity index (χ0v) is 16.4. The van der Waals surface area contributed by atoms with E-state index in [-0.39, 0.29) is 5.91 Å². The normalized spacial score (nSPS) is 16.1. The molecule has 9 heteroatoms. The predicted octanol–water partition coefficient (Wildman–Crippen LogP) is 2.18. The number of carbonyl (C=O) groups is 1. The van der Waals surface area contributed by atoms with Crippen LogP contribution in [0, 0.1) is 5.92 Å². The van der Waals surface area contributed by atoms with Crippen molar-refractivity contribution in [1.29, 1.82) is 0 Å². The van der Waals surface area contributed by atoms with Crippen LogP contribution in [0.3, 0.4) is 0 Å². The first-order chi connectivity index (χ1) is 13.1. The molecular weight excluding hydrogens is 368 g/mol. The third-order valence-electron chi connectivity index (χ3n) is 4.74. The molecule has 1 fully saturated rings. The van der Waals surface area contributed by atoms with Crippen LogP contribution in [-0.4, -0.2) is 64.3 Å². The third kappa shape index (κ3) is 4.95. The standard InChI is InChI=1S/C18H25ClN6O2/c1-13(11-24-6-4-3-5-7-24)10-20-18(26)14-8-15(19)16(9-17(14)27-2)25-12-21-22-23-25/h8-9,12-13H,3-7,10-11H2,1-2H3,(H,20,26). The molecule has 1 aliphatic heterocycles. The minimum absolute atomic E-state index is 0.206. The fourth-order valence-corrected chi connectivity index (χ4v) is 3.60. The molecule has 1 amide bonds. The van der Waals surface area contributed by atoms with Gasteiger partial charge in [-0.05, 0) is 48.3 Å². The molecule has 8 nitrogen and oxygen atoms in total. The third-order valence-corrected chi connectivity index (χ3v) is 5.04. The van der Waals surface area contributed by atoms with E-state index in [1.54, 1.807) is 12.1 Å². The number of amides is 1. The molecule has 1 unspecified atom stereocenters. The van der Waals surface area contributed by atoms with E-state index in [0.717, 1.165) is 19.6 Å². The highest BCUT2D eigenvalue weighted by Gasteiger charge is 2.19. The van der Waals surface area contributed by atoms with Gasteiger partial charge in [0.2, 0.25) is 0 Å². The number of likely N-dealkylation sites (tertiary alicyclic amines) is 1. The lowest BCUT2D eigenvalue weighted by atomic mass is 10.1. The molecule has 146 valence electrons. The Morgan fingerprint density at radius 1 is 1.33 bits per heavy atom. The molecular formula is C18H25ClN6O2. The predicted molar refractivity (Wildman–Crippen MR) is 103 cm³/mol. The number of ether oxygens (including phenoxy) is 1. The zero-order chi connectivity index (χ0) is 19.2. The monoisotopic (exact) mass is 392 g/mol. The number of aromatic nitrogens is 4. The summed E-state index contributed by atoms with van der Waals surface area (Å²) >= 11 is 6.33. The maximum Gasteiger partial charge on any atom is 0.255 e. The van der Waals surface area contributed by atoms with E-state index in [0.29, 0.717) is 34.5 Å². The van der Waals surface area contributed by atoms with Gasteiger partial charge in [-0.1, -0.05) is 24.9 Å². The molecule has 0 radical (unpaired) electrons. The Kier molecular flexibility index (Phi) is 6.63. The van der Waals surface area contributed by atoms with Gasteiger partial charge in [0.25, 0.3) is 5.91 Å². The Morgan fingerprint density at radius 2 is 2.11 bits per heavy atom. The van der Waals surface area contributed by atoms with Crippen molar-refractivity contribution in [1.82, 2.24) is 30.4 Å². The van der Waals surface area contributed by atoms with E-state index in [1.165, 1.54) is 37.4 Å². The Bertz CT molecular complexity index is 761. The van der Waals surface area contributed by atoms with Crippen LogP contribution in [0.5, 0.6) is 5.75 Å². The highest BCUT2D eigenvalue weighted by molar-refractivity contribution is 6.33. The fraction of sp³-hybridized carbons (Fsp3) is 0.556. The van der Waals surface area contributed by atoms with Gasteiger partial charge in [0, 0.05) is 19.2 Å². The Labute approximate surface area is 163 Å². The van der Waals surface area contributed by atoms with Gasteiger partial charge in [0.15, 0.2) is 0 Å². The maximum atomic E-state index is 12.7. The van der Waals surface area contributed by atoms with Crippen LogP contribution in [0.25, 0.3) is 5.69 Å².